The van der Waals surface area contributed by atoms with Gasteiger partial charge in [-0.2, -0.15) is 8.42 Å². The van der Waals surface area contributed by atoms with E-state index in [9.17, 15) is 17.6 Å². The number of rotatable bonds is 8. The topological polar surface area (TPSA) is 108 Å². The van der Waals surface area contributed by atoms with E-state index in [1.165, 1.54) is 23.3 Å². The van der Waals surface area contributed by atoms with Crippen molar-refractivity contribution in [3.8, 4) is 11.5 Å². The number of oxazole rings is 1. The largest absolute Gasteiger partial charge is 0.444 e. The van der Waals surface area contributed by atoms with E-state index in [0.29, 0.717) is 5.69 Å². The Labute approximate surface area is 194 Å². The number of cyclic esters (lactones) is 1. The zero-order chi connectivity index (χ0) is 24.6. The first-order chi connectivity index (χ1) is 15.2. The number of halogens is 1. The van der Waals surface area contributed by atoms with Crippen LogP contribution in [0.2, 0.25) is 13.1 Å². The smallest absolute Gasteiger partial charge is 0.414 e. The van der Waals surface area contributed by atoms with Gasteiger partial charge in [-0.15, -0.1) is 0 Å². The van der Waals surface area contributed by atoms with Crippen LogP contribution in [0.15, 0.2) is 28.9 Å². The molecule has 1 amide bonds. The molecule has 33 heavy (non-hydrogen) atoms. The van der Waals surface area contributed by atoms with Gasteiger partial charge in [-0.25, -0.2) is 14.2 Å². The van der Waals surface area contributed by atoms with Crippen LogP contribution in [0.5, 0.6) is 0 Å². The SMILES string of the molecule is C[Si](C)OC(c1coc(-c2ccc(N3CC(COS(C)(=O)=O)OC3=O)cc2F)n1)C(C)(C)C. The lowest BCUT2D eigenvalue weighted by Crippen LogP contribution is -2.26. The third-order valence-corrected chi connectivity index (χ3v) is 6.04. The molecule has 9 nitrogen and oxygen atoms in total. The molecule has 0 saturated carbocycles. The highest BCUT2D eigenvalue weighted by Crippen LogP contribution is 2.38. The van der Waals surface area contributed by atoms with Crippen molar-refractivity contribution in [1.29, 1.82) is 0 Å². The molecular weight excluding hydrogens is 471 g/mol. The van der Waals surface area contributed by atoms with Crippen LogP contribution in [0.1, 0.15) is 32.6 Å². The lowest BCUT2D eigenvalue weighted by atomic mass is 9.87. The molecule has 2 heterocycles. The summed E-state index contributed by atoms with van der Waals surface area (Å²) in [7, 11) is -4.68. The Hall–Kier alpha value is -2.28. The van der Waals surface area contributed by atoms with Crippen molar-refractivity contribution >= 4 is 30.9 Å². The van der Waals surface area contributed by atoms with E-state index in [1.807, 2.05) is 33.9 Å². The number of benzene rings is 1. The van der Waals surface area contributed by atoms with E-state index in [-0.39, 0.29) is 41.8 Å². The first-order valence-corrected chi connectivity index (χ1v) is 14.5. The van der Waals surface area contributed by atoms with Crippen molar-refractivity contribution in [1.82, 2.24) is 4.98 Å². The Morgan fingerprint density at radius 2 is 2.03 bits per heavy atom. The Balaban J connectivity index is 1.78. The number of hydrogen-bond acceptors (Lipinski definition) is 8. The zero-order valence-corrected chi connectivity index (χ0v) is 21.2. The van der Waals surface area contributed by atoms with Crippen molar-refractivity contribution in [2.45, 2.75) is 46.1 Å². The number of carbonyl (C=O) groups excluding carboxylic acids is 1. The van der Waals surface area contributed by atoms with Crippen LogP contribution in [0.3, 0.4) is 0 Å². The van der Waals surface area contributed by atoms with Crippen LogP contribution in [0.4, 0.5) is 14.9 Å². The van der Waals surface area contributed by atoms with Gasteiger partial charge in [-0.05, 0) is 36.7 Å². The van der Waals surface area contributed by atoms with Crippen molar-refractivity contribution in [3.05, 3.63) is 36.0 Å². The Morgan fingerprint density at radius 1 is 1.33 bits per heavy atom. The van der Waals surface area contributed by atoms with Gasteiger partial charge < -0.3 is 13.6 Å². The fourth-order valence-corrected chi connectivity index (χ4v) is 4.66. The van der Waals surface area contributed by atoms with Crippen molar-refractivity contribution < 1.29 is 35.4 Å². The second-order valence-corrected chi connectivity index (χ2v) is 12.8. The number of carbonyl (C=O) groups is 1. The monoisotopic (exact) mass is 499 g/mol. The van der Waals surface area contributed by atoms with Gasteiger partial charge >= 0.3 is 6.09 Å². The molecule has 1 aliphatic rings. The molecule has 2 unspecified atom stereocenters. The molecule has 12 heteroatoms. The summed E-state index contributed by atoms with van der Waals surface area (Å²) >= 11 is 0. The van der Waals surface area contributed by atoms with Crippen LogP contribution < -0.4 is 4.90 Å². The standard InChI is InChI=1S/C21H28FN2O7SSi/c1-21(2,3)18(31-33(5)6)17-12-28-19(23-17)15-8-7-13(9-16(15)22)24-10-14(30-20(24)25)11-29-32(4,26)27/h7-9,12,14,18H,10-11H2,1-6H3. The van der Waals surface area contributed by atoms with E-state index in [0.717, 1.165) is 6.26 Å². The zero-order valence-electron chi connectivity index (χ0n) is 19.4. The minimum atomic E-state index is -3.67. The van der Waals surface area contributed by atoms with Gasteiger partial charge in [-0.1, -0.05) is 20.8 Å². The van der Waals surface area contributed by atoms with Crippen LogP contribution in [-0.4, -0.2) is 54.0 Å². The van der Waals surface area contributed by atoms with Crippen LogP contribution in [-0.2, 0) is 23.5 Å². The summed E-state index contributed by atoms with van der Waals surface area (Å²) in [4.78, 5) is 17.8. The van der Waals surface area contributed by atoms with Crippen molar-refractivity contribution in [2.24, 2.45) is 5.41 Å². The maximum Gasteiger partial charge on any atom is 0.414 e. The Bertz CT molecular complexity index is 1110. The number of aromatic nitrogens is 1. The fraction of sp³-hybridized carbons (Fsp3) is 0.524. The van der Waals surface area contributed by atoms with Crippen molar-refractivity contribution in [3.63, 3.8) is 0 Å². The summed E-state index contributed by atoms with van der Waals surface area (Å²) < 4.78 is 58.7. The summed E-state index contributed by atoms with van der Waals surface area (Å²) in [5.74, 6) is -0.523. The molecule has 1 radical (unpaired) electrons. The molecular formula is C21H28FN2O7SSi. The fourth-order valence-electron chi connectivity index (χ4n) is 3.31. The van der Waals surface area contributed by atoms with Gasteiger partial charge in [0.25, 0.3) is 10.1 Å². The summed E-state index contributed by atoms with van der Waals surface area (Å²) in [6.07, 6.45) is 0.579. The average molecular weight is 500 g/mol. The third kappa shape index (κ3) is 6.40. The van der Waals surface area contributed by atoms with Crippen LogP contribution >= 0.6 is 0 Å². The molecule has 0 aliphatic carbocycles. The lowest BCUT2D eigenvalue weighted by molar-refractivity contribution is 0.0826. The Morgan fingerprint density at radius 3 is 2.61 bits per heavy atom. The molecule has 3 rings (SSSR count). The van der Waals surface area contributed by atoms with Crippen LogP contribution in [0.25, 0.3) is 11.5 Å². The number of amides is 1. The molecule has 1 aromatic heterocycles. The van der Waals surface area contributed by atoms with Crippen molar-refractivity contribution in [2.75, 3.05) is 24.3 Å². The number of anilines is 1. The summed E-state index contributed by atoms with van der Waals surface area (Å²) in [6.45, 7) is 9.89. The predicted molar refractivity (Wildman–Crippen MR) is 121 cm³/mol. The number of hydrogen-bond donors (Lipinski definition) is 0. The maximum absolute atomic E-state index is 15.0. The van der Waals surface area contributed by atoms with Gasteiger partial charge in [0.1, 0.15) is 30.5 Å². The maximum atomic E-state index is 15.0. The molecule has 0 N–H and O–H groups in total. The second kappa shape index (κ2) is 9.53. The van der Waals surface area contributed by atoms with Gasteiger partial charge in [0.05, 0.1) is 30.2 Å². The molecule has 1 fully saturated rings. The lowest BCUT2D eigenvalue weighted by Gasteiger charge is -2.30. The highest BCUT2D eigenvalue weighted by atomic mass is 32.2. The van der Waals surface area contributed by atoms with E-state index in [2.05, 4.69) is 9.17 Å². The number of ether oxygens (including phenoxy) is 1. The third-order valence-electron chi connectivity index (χ3n) is 4.77. The molecule has 2 atom stereocenters. The molecule has 1 saturated heterocycles. The molecule has 181 valence electrons. The Kier molecular flexibility index (Phi) is 7.32. The summed E-state index contributed by atoms with van der Waals surface area (Å²) in [6, 6.07) is 4.19. The first kappa shape index (κ1) is 25.3. The van der Waals surface area contributed by atoms with E-state index in [1.54, 1.807) is 6.07 Å². The minimum absolute atomic E-state index is 0.0267. The highest BCUT2D eigenvalue weighted by molar-refractivity contribution is 7.85. The molecule has 1 aromatic carbocycles. The molecule has 1 aliphatic heterocycles. The predicted octanol–water partition coefficient (Wildman–Crippen LogP) is 4.14. The summed E-state index contributed by atoms with van der Waals surface area (Å²) in [5.41, 5.74) is 0.756. The van der Waals surface area contributed by atoms with E-state index in [4.69, 9.17) is 13.6 Å². The van der Waals surface area contributed by atoms with E-state index < -0.39 is 37.2 Å². The molecule has 2 aromatic rings. The van der Waals surface area contributed by atoms with Gasteiger partial charge in [-0.3, -0.25) is 9.08 Å². The van der Waals surface area contributed by atoms with Gasteiger partial charge in [0.15, 0.2) is 0 Å². The summed E-state index contributed by atoms with van der Waals surface area (Å²) in [5, 5.41) is 0. The quantitative estimate of drug-likeness (QED) is 0.394. The van der Waals surface area contributed by atoms with Gasteiger partial charge in [0, 0.05) is 0 Å². The average Bonchev–Trinajstić information content (AvgIpc) is 3.29. The van der Waals surface area contributed by atoms with Gasteiger partial charge in [0.2, 0.25) is 14.9 Å². The highest BCUT2D eigenvalue weighted by Gasteiger charge is 2.34. The van der Waals surface area contributed by atoms with E-state index >= 15 is 0 Å². The molecule has 0 spiro atoms. The molecule has 0 bridgehead atoms. The van der Waals surface area contributed by atoms with Crippen LogP contribution in [0, 0.1) is 11.2 Å². The second-order valence-electron chi connectivity index (χ2n) is 9.12. The normalized spacial score (nSPS) is 18.1. The minimum Gasteiger partial charge on any atom is -0.444 e. The number of nitrogens with zero attached hydrogens (tertiary/aromatic N) is 2. The first-order valence-electron chi connectivity index (χ1n) is 10.3.